The van der Waals surface area contributed by atoms with Crippen molar-refractivity contribution in [3.63, 3.8) is 0 Å². The van der Waals surface area contributed by atoms with Crippen LogP contribution < -0.4 is 15.8 Å². The Kier molecular flexibility index (Phi) is 4.94. The van der Waals surface area contributed by atoms with Gasteiger partial charge in [-0.15, -0.1) is 0 Å². The minimum atomic E-state index is -0.343. The molecule has 0 aromatic heterocycles. The lowest BCUT2D eigenvalue weighted by Gasteiger charge is -2.10. The number of ether oxygens (including phenoxy) is 1. The van der Waals surface area contributed by atoms with Gasteiger partial charge in [0, 0.05) is 17.3 Å². The number of nitrogens with two attached hydrogens (primary N) is 1. The van der Waals surface area contributed by atoms with Gasteiger partial charge in [0.05, 0.1) is 17.7 Å². The van der Waals surface area contributed by atoms with Crippen LogP contribution in [0.3, 0.4) is 0 Å². The number of rotatable bonds is 4. The third-order valence-corrected chi connectivity index (χ3v) is 3.44. The van der Waals surface area contributed by atoms with Gasteiger partial charge in [0.2, 0.25) is 0 Å². The second kappa shape index (κ2) is 6.70. The van der Waals surface area contributed by atoms with Crippen molar-refractivity contribution in [3.8, 4) is 5.75 Å². The third-order valence-electron chi connectivity index (χ3n) is 2.92. The van der Waals surface area contributed by atoms with Crippen LogP contribution in [0, 0.1) is 0 Å². The first kappa shape index (κ1) is 15.5. The highest BCUT2D eigenvalue weighted by Gasteiger charge is 2.15. The molecule has 110 valence electrons. The summed E-state index contributed by atoms with van der Waals surface area (Å²) >= 11 is 11.8. The van der Waals surface area contributed by atoms with Gasteiger partial charge in [-0.25, -0.2) is 0 Å². The summed E-state index contributed by atoms with van der Waals surface area (Å²) in [5.74, 6) is 0.417. The molecule has 0 radical (unpaired) electrons. The molecule has 0 aliphatic heterocycles. The minimum Gasteiger partial charge on any atom is -0.497 e. The number of anilines is 1. The molecule has 2 aromatic rings. The number of hydrogen-bond donors (Lipinski definition) is 2. The molecule has 0 unspecified atom stereocenters. The monoisotopic (exact) mass is 324 g/mol. The Morgan fingerprint density at radius 3 is 2.48 bits per heavy atom. The molecule has 0 spiro atoms. The summed E-state index contributed by atoms with van der Waals surface area (Å²) in [6.45, 7) is 0.362. The number of nitrogen functional groups attached to an aromatic ring is 1. The van der Waals surface area contributed by atoms with Crippen molar-refractivity contribution in [2.45, 2.75) is 6.54 Å². The van der Waals surface area contributed by atoms with Crippen molar-refractivity contribution < 1.29 is 9.53 Å². The zero-order chi connectivity index (χ0) is 15.4. The van der Waals surface area contributed by atoms with Crippen LogP contribution in [0.4, 0.5) is 5.69 Å². The van der Waals surface area contributed by atoms with Gasteiger partial charge in [-0.3, -0.25) is 4.79 Å². The van der Waals surface area contributed by atoms with Gasteiger partial charge < -0.3 is 15.8 Å². The van der Waals surface area contributed by atoms with E-state index in [0.29, 0.717) is 11.6 Å². The van der Waals surface area contributed by atoms with E-state index in [4.69, 9.17) is 33.7 Å². The summed E-state index contributed by atoms with van der Waals surface area (Å²) in [7, 11) is 1.60. The highest BCUT2D eigenvalue weighted by molar-refractivity contribution is 6.37. The molecule has 0 saturated heterocycles. The summed E-state index contributed by atoms with van der Waals surface area (Å²) < 4.78 is 5.07. The molecule has 2 rings (SSSR count). The van der Waals surface area contributed by atoms with Crippen LogP contribution >= 0.6 is 23.2 Å². The van der Waals surface area contributed by atoms with E-state index in [0.717, 1.165) is 11.3 Å². The van der Waals surface area contributed by atoms with Crippen LogP contribution in [-0.4, -0.2) is 13.0 Å². The Hall–Kier alpha value is -1.91. The highest BCUT2D eigenvalue weighted by Crippen LogP contribution is 2.27. The van der Waals surface area contributed by atoms with E-state index in [-0.39, 0.29) is 22.2 Å². The summed E-state index contributed by atoms with van der Waals surface area (Å²) in [5, 5.41) is 3.39. The number of methoxy groups -OCH3 is 1. The molecule has 0 aliphatic carbocycles. The van der Waals surface area contributed by atoms with E-state index >= 15 is 0 Å². The molecule has 0 bridgehead atoms. The zero-order valence-electron chi connectivity index (χ0n) is 11.3. The van der Waals surface area contributed by atoms with Crippen LogP contribution in [0.2, 0.25) is 10.0 Å². The molecule has 0 atom stereocenters. The molecule has 3 N–H and O–H groups in total. The smallest absolute Gasteiger partial charge is 0.255 e. The van der Waals surface area contributed by atoms with Gasteiger partial charge in [-0.05, 0) is 29.8 Å². The Morgan fingerprint density at radius 1 is 1.24 bits per heavy atom. The second-order valence-corrected chi connectivity index (χ2v) is 5.23. The maximum Gasteiger partial charge on any atom is 0.255 e. The fourth-order valence-electron chi connectivity index (χ4n) is 1.85. The largest absolute Gasteiger partial charge is 0.497 e. The summed E-state index contributed by atoms with van der Waals surface area (Å²) in [6.07, 6.45) is 0. The minimum absolute atomic E-state index is 0.229. The predicted octanol–water partition coefficient (Wildman–Crippen LogP) is 3.51. The maximum absolute atomic E-state index is 12.2. The van der Waals surface area contributed by atoms with Gasteiger partial charge in [0.15, 0.2) is 0 Å². The standard InChI is InChI=1S/C15H14Cl2N2O2/c1-21-11-4-2-9(3-5-11)8-19-15(20)14-12(17)6-10(16)7-13(14)18/h2-7H,8,18H2,1H3,(H,19,20). The third kappa shape index (κ3) is 3.80. The van der Waals surface area contributed by atoms with Crippen LogP contribution in [0.15, 0.2) is 36.4 Å². The first-order valence-corrected chi connectivity index (χ1v) is 6.92. The number of nitrogens with one attached hydrogen (secondary N) is 1. The van der Waals surface area contributed by atoms with Crippen molar-refractivity contribution in [1.29, 1.82) is 0 Å². The molecule has 0 aliphatic rings. The van der Waals surface area contributed by atoms with E-state index in [2.05, 4.69) is 5.32 Å². The predicted molar refractivity (Wildman–Crippen MR) is 85.0 cm³/mol. The number of benzene rings is 2. The number of carbonyl (C=O) groups is 1. The average Bonchev–Trinajstić information content (AvgIpc) is 2.44. The second-order valence-electron chi connectivity index (χ2n) is 4.38. The van der Waals surface area contributed by atoms with Gasteiger partial charge in [0.1, 0.15) is 5.75 Å². The van der Waals surface area contributed by atoms with Crippen molar-refractivity contribution >= 4 is 34.8 Å². The van der Waals surface area contributed by atoms with Gasteiger partial charge in [0.25, 0.3) is 5.91 Å². The highest BCUT2D eigenvalue weighted by atomic mass is 35.5. The summed E-state index contributed by atoms with van der Waals surface area (Å²) in [5.41, 5.74) is 7.20. The number of halogens is 2. The Balaban J connectivity index is 2.08. The molecule has 6 heteroatoms. The number of amides is 1. The van der Waals surface area contributed by atoms with E-state index < -0.39 is 0 Å². The molecular formula is C15H14Cl2N2O2. The molecule has 21 heavy (non-hydrogen) atoms. The lowest BCUT2D eigenvalue weighted by atomic mass is 10.1. The lowest BCUT2D eigenvalue weighted by Crippen LogP contribution is -2.24. The molecule has 0 heterocycles. The quantitative estimate of drug-likeness (QED) is 0.846. The van der Waals surface area contributed by atoms with E-state index in [1.807, 2.05) is 24.3 Å². The fraction of sp³-hybridized carbons (Fsp3) is 0.133. The fourth-order valence-corrected chi connectivity index (χ4v) is 2.44. The van der Waals surface area contributed by atoms with Crippen molar-refractivity contribution in [3.05, 3.63) is 57.6 Å². The van der Waals surface area contributed by atoms with Crippen LogP contribution in [0.25, 0.3) is 0 Å². The summed E-state index contributed by atoms with van der Waals surface area (Å²) in [6, 6.07) is 10.4. The number of carbonyl (C=O) groups excluding carboxylic acids is 1. The van der Waals surface area contributed by atoms with Gasteiger partial charge in [-0.2, -0.15) is 0 Å². The first-order chi connectivity index (χ1) is 10.0. The first-order valence-electron chi connectivity index (χ1n) is 6.17. The zero-order valence-corrected chi connectivity index (χ0v) is 12.8. The topological polar surface area (TPSA) is 64.3 Å². The molecule has 0 fully saturated rings. The molecule has 0 saturated carbocycles. The summed E-state index contributed by atoms with van der Waals surface area (Å²) in [4.78, 5) is 12.2. The molecule has 2 aromatic carbocycles. The average molecular weight is 325 g/mol. The Bertz CT molecular complexity index is 634. The van der Waals surface area contributed by atoms with E-state index in [1.165, 1.54) is 12.1 Å². The molecule has 4 nitrogen and oxygen atoms in total. The van der Waals surface area contributed by atoms with Crippen molar-refractivity contribution in [1.82, 2.24) is 5.32 Å². The van der Waals surface area contributed by atoms with Crippen molar-refractivity contribution in [2.24, 2.45) is 0 Å². The van der Waals surface area contributed by atoms with E-state index in [9.17, 15) is 4.79 Å². The van der Waals surface area contributed by atoms with Crippen LogP contribution in [0.1, 0.15) is 15.9 Å². The van der Waals surface area contributed by atoms with Crippen LogP contribution in [-0.2, 0) is 6.54 Å². The molecule has 1 amide bonds. The molecular weight excluding hydrogens is 311 g/mol. The normalized spacial score (nSPS) is 10.2. The van der Waals surface area contributed by atoms with Crippen molar-refractivity contribution in [2.75, 3.05) is 12.8 Å². The maximum atomic E-state index is 12.2. The van der Waals surface area contributed by atoms with Crippen LogP contribution in [0.5, 0.6) is 5.75 Å². The van der Waals surface area contributed by atoms with E-state index in [1.54, 1.807) is 7.11 Å². The lowest BCUT2D eigenvalue weighted by molar-refractivity contribution is 0.0952. The van der Waals surface area contributed by atoms with Gasteiger partial charge >= 0.3 is 0 Å². The SMILES string of the molecule is COc1ccc(CNC(=O)c2c(N)cc(Cl)cc2Cl)cc1. The Morgan fingerprint density at radius 2 is 1.90 bits per heavy atom. The van der Waals surface area contributed by atoms with Gasteiger partial charge in [-0.1, -0.05) is 35.3 Å². The Labute approximate surface area is 132 Å². The number of hydrogen-bond acceptors (Lipinski definition) is 3.